The number of carbonyl (C=O) groups excluding carboxylic acids is 1. The van der Waals surface area contributed by atoms with Crippen molar-refractivity contribution in [2.75, 3.05) is 0 Å². The minimum Gasteiger partial charge on any atom is -0.351 e. The molecule has 0 aromatic heterocycles. The molecule has 0 aliphatic rings. The lowest BCUT2D eigenvalue weighted by Crippen LogP contribution is -2.49. The van der Waals surface area contributed by atoms with Crippen LogP contribution in [0, 0.1) is 0 Å². The van der Waals surface area contributed by atoms with Crippen molar-refractivity contribution in [2.24, 2.45) is 5.73 Å². The van der Waals surface area contributed by atoms with Gasteiger partial charge in [-0.3, -0.25) is 0 Å². The molecule has 0 saturated heterocycles. The highest BCUT2D eigenvalue weighted by atomic mass is 16.2. The summed E-state index contributed by atoms with van der Waals surface area (Å²) in [7, 11) is 0. The normalized spacial score (nSPS) is 14.0. The molecule has 3 heteroatoms. The van der Waals surface area contributed by atoms with Gasteiger partial charge in [-0.25, -0.2) is 4.79 Å². The molecule has 0 aromatic rings. The number of carbonyl (C=O) groups is 1. The monoisotopic (exact) mass is 284 g/mol. The van der Waals surface area contributed by atoms with Crippen LogP contribution in [-0.2, 0) is 0 Å². The maximum atomic E-state index is 11.9. The SMILES string of the molecule is CCCCCC(CC)N(C(N)=O)C(CC)CCCCC. The van der Waals surface area contributed by atoms with E-state index in [2.05, 4.69) is 27.7 Å². The summed E-state index contributed by atoms with van der Waals surface area (Å²) in [6.45, 7) is 8.77. The summed E-state index contributed by atoms with van der Waals surface area (Å²) in [5.74, 6) is 0. The lowest BCUT2D eigenvalue weighted by Gasteiger charge is -2.36. The Kier molecular flexibility index (Phi) is 11.6. The third-order valence-electron chi connectivity index (χ3n) is 4.27. The quantitative estimate of drug-likeness (QED) is 0.499. The predicted molar refractivity (Wildman–Crippen MR) is 87.9 cm³/mol. The van der Waals surface area contributed by atoms with Gasteiger partial charge in [-0.15, -0.1) is 0 Å². The average molecular weight is 284 g/mol. The Labute approximate surface area is 126 Å². The second-order valence-corrected chi connectivity index (χ2v) is 5.86. The smallest absolute Gasteiger partial charge is 0.315 e. The van der Waals surface area contributed by atoms with E-state index in [1.807, 2.05) is 4.90 Å². The first-order valence-electron chi connectivity index (χ1n) is 8.69. The summed E-state index contributed by atoms with van der Waals surface area (Å²) < 4.78 is 0. The van der Waals surface area contributed by atoms with E-state index in [9.17, 15) is 4.79 Å². The maximum absolute atomic E-state index is 11.9. The number of hydrogen-bond acceptors (Lipinski definition) is 1. The van der Waals surface area contributed by atoms with Crippen LogP contribution in [-0.4, -0.2) is 23.0 Å². The van der Waals surface area contributed by atoms with Crippen molar-refractivity contribution in [3.63, 3.8) is 0 Å². The van der Waals surface area contributed by atoms with Crippen LogP contribution >= 0.6 is 0 Å². The highest BCUT2D eigenvalue weighted by molar-refractivity contribution is 5.72. The van der Waals surface area contributed by atoms with Gasteiger partial charge in [0.25, 0.3) is 0 Å². The predicted octanol–water partition coefficient (Wildman–Crippen LogP) is 5.08. The van der Waals surface area contributed by atoms with Crippen LogP contribution in [0.3, 0.4) is 0 Å². The van der Waals surface area contributed by atoms with Gasteiger partial charge in [0.2, 0.25) is 0 Å². The molecular weight excluding hydrogens is 248 g/mol. The Morgan fingerprint density at radius 1 is 0.850 bits per heavy atom. The summed E-state index contributed by atoms with van der Waals surface area (Å²) in [6, 6.07) is 0.424. The first kappa shape index (κ1) is 19.3. The van der Waals surface area contributed by atoms with Crippen molar-refractivity contribution in [2.45, 2.75) is 104 Å². The number of hydrogen-bond donors (Lipinski definition) is 1. The molecule has 0 bridgehead atoms. The fourth-order valence-electron chi connectivity index (χ4n) is 3.00. The summed E-state index contributed by atoms with van der Waals surface area (Å²) in [5, 5.41) is 0. The zero-order valence-corrected chi connectivity index (χ0v) is 14.2. The van der Waals surface area contributed by atoms with Gasteiger partial charge < -0.3 is 10.6 Å². The van der Waals surface area contributed by atoms with Crippen LogP contribution in [0.25, 0.3) is 0 Å². The first-order chi connectivity index (χ1) is 9.62. The van der Waals surface area contributed by atoms with E-state index in [4.69, 9.17) is 5.73 Å². The van der Waals surface area contributed by atoms with Crippen LogP contribution in [0.4, 0.5) is 4.79 Å². The zero-order chi connectivity index (χ0) is 15.4. The molecule has 0 aromatic carbocycles. The Balaban J connectivity index is 4.64. The minimum atomic E-state index is -0.225. The van der Waals surface area contributed by atoms with Gasteiger partial charge >= 0.3 is 6.03 Å². The second-order valence-electron chi connectivity index (χ2n) is 5.86. The Morgan fingerprint density at radius 3 is 1.50 bits per heavy atom. The van der Waals surface area contributed by atoms with Crippen molar-refractivity contribution in [1.29, 1.82) is 0 Å². The van der Waals surface area contributed by atoms with E-state index in [1.165, 1.54) is 38.5 Å². The van der Waals surface area contributed by atoms with E-state index < -0.39 is 0 Å². The van der Waals surface area contributed by atoms with Crippen molar-refractivity contribution < 1.29 is 4.79 Å². The number of rotatable bonds is 12. The molecule has 0 heterocycles. The lowest BCUT2D eigenvalue weighted by atomic mass is 9.98. The molecule has 0 aliphatic heterocycles. The molecule has 20 heavy (non-hydrogen) atoms. The molecule has 3 nitrogen and oxygen atoms in total. The molecule has 0 saturated carbocycles. The van der Waals surface area contributed by atoms with Crippen LogP contribution < -0.4 is 5.73 Å². The highest BCUT2D eigenvalue weighted by Crippen LogP contribution is 2.21. The van der Waals surface area contributed by atoms with E-state index in [0.29, 0.717) is 12.1 Å². The van der Waals surface area contributed by atoms with Gasteiger partial charge in [-0.2, -0.15) is 0 Å². The molecule has 0 radical (unpaired) electrons. The molecule has 0 fully saturated rings. The lowest BCUT2D eigenvalue weighted by molar-refractivity contribution is 0.133. The second kappa shape index (κ2) is 12.0. The van der Waals surface area contributed by atoms with Gasteiger partial charge in [-0.05, 0) is 25.7 Å². The zero-order valence-electron chi connectivity index (χ0n) is 14.2. The molecule has 2 amide bonds. The third-order valence-corrected chi connectivity index (χ3v) is 4.27. The van der Waals surface area contributed by atoms with Crippen molar-refractivity contribution >= 4 is 6.03 Å². The van der Waals surface area contributed by atoms with Crippen molar-refractivity contribution in [3.05, 3.63) is 0 Å². The van der Waals surface area contributed by atoms with E-state index in [0.717, 1.165) is 25.7 Å². The largest absolute Gasteiger partial charge is 0.351 e. The maximum Gasteiger partial charge on any atom is 0.315 e. The topological polar surface area (TPSA) is 46.3 Å². The average Bonchev–Trinajstić information content (AvgIpc) is 2.44. The fourth-order valence-corrected chi connectivity index (χ4v) is 3.00. The van der Waals surface area contributed by atoms with Crippen LogP contribution in [0.5, 0.6) is 0 Å². The summed E-state index contributed by atoms with van der Waals surface area (Å²) in [6.07, 6.45) is 11.5. The number of primary amides is 1. The molecule has 2 atom stereocenters. The third kappa shape index (κ3) is 7.16. The molecular formula is C17H36N2O. The Bertz CT molecular complexity index is 225. The number of urea groups is 1. The number of unbranched alkanes of at least 4 members (excludes halogenated alkanes) is 4. The summed E-state index contributed by atoms with van der Waals surface area (Å²) >= 11 is 0. The molecule has 0 rings (SSSR count). The molecule has 2 unspecified atom stereocenters. The van der Waals surface area contributed by atoms with E-state index >= 15 is 0 Å². The number of nitrogens with two attached hydrogens (primary N) is 1. The van der Waals surface area contributed by atoms with E-state index in [-0.39, 0.29) is 6.03 Å². The van der Waals surface area contributed by atoms with Crippen molar-refractivity contribution in [1.82, 2.24) is 4.90 Å². The van der Waals surface area contributed by atoms with E-state index in [1.54, 1.807) is 0 Å². The van der Waals surface area contributed by atoms with Crippen LogP contribution in [0.2, 0.25) is 0 Å². The number of amides is 2. The van der Waals surface area contributed by atoms with Gasteiger partial charge in [0.05, 0.1) is 0 Å². The standard InChI is InChI=1S/C17H36N2O/c1-5-9-11-13-15(7-3)19(17(18)20)16(8-4)14-12-10-6-2/h15-16H,5-14H2,1-4H3,(H2,18,20). The van der Waals surface area contributed by atoms with Crippen LogP contribution in [0.1, 0.15) is 91.9 Å². The minimum absolute atomic E-state index is 0.225. The Morgan fingerprint density at radius 2 is 1.25 bits per heavy atom. The van der Waals surface area contributed by atoms with Gasteiger partial charge in [0.15, 0.2) is 0 Å². The summed E-state index contributed by atoms with van der Waals surface area (Å²) in [4.78, 5) is 13.9. The fraction of sp³-hybridized carbons (Fsp3) is 0.941. The molecule has 2 N–H and O–H groups in total. The van der Waals surface area contributed by atoms with Gasteiger partial charge in [-0.1, -0.05) is 66.2 Å². The van der Waals surface area contributed by atoms with Crippen LogP contribution in [0.15, 0.2) is 0 Å². The first-order valence-corrected chi connectivity index (χ1v) is 8.69. The molecule has 0 aliphatic carbocycles. The molecule has 120 valence electrons. The Hall–Kier alpha value is -0.730. The van der Waals surface area contributed by atoms with Crippen molar-refractivity contribution in [3.8, 4) is 0 Å². The van der Waals surface area contributed by atoms with Gasteiger partial charge in [0.1, 0.15) is 0 Å². The summed E-state index contributed by atoms with van der Waals surface area (Å²) in [5.41, 5.74) is 5.69. The highest BCUT2D eigenvalue weighted by Gasteiger charge is 2.26. The van der Waals surface area contributed by atoms with Gasteiger partial charge in [0, 0.05) is 12.1 Å². The number of nitrogens with zero attached hydrogens (tertiary/aromatic N) is 1. The molecule has 0 spiro atoms.